The molecule has 0 aliphatic heterocycles. The molecule has 0 fully saturated rings. The molecular formula is C21H26BrN4O+. The van der Waals surface area contributed by atoms with Crippen molar-refractivity contribution in [3.05, 3.63) is 58.6 Å². The number of Topliss-reactive ketones (excluding diaryl/α,β-unsaturated/α-hetero) is 1. The molecule has 0 aliphatic rings. The van der Waals surface area contributed by atoms with E-state index in [0.29, 0.717) is 11.5 Å². The highest BCUT2D eigenvalue weighted by Crippen LogP contribution is 2.17. The van der Waals surface area contributed by atoms with Crippen molar-refractivity contribution in [2.45, 2.75) is 26.9 Å². The summed E-state index contributed by atoms with van der Waals surface area (Å²) in [6, 6.07) is 15.5. The number of ketones is 1. The Bertz CT molecular complexity index is 929. The van der Waals surface area contributed by atoms with Crippen LogP contribution < -0.4 is 10.3 Å². The van der Waals surface area contributed by atoms with Gasteiger partial charge in [0.1, 0.15) is 17.6 Å². The Hall–Kier alpha value is -2.18. The summed E-state index contributed by atoms with van der Waals surface area (Å²) in [6.45, 7) is 8.31. The van der Waals surface area contributed by atoms with Crippen LogP contribution >= 0.6 is 15.9 Å². The lowest BCUT2D eigenvalue weighted by Crippen LogP contribution is -2.40. The van der Waals surface area contributed by atoms with E-state index in [1.807, 2.05) is 47.0 Å². The molecule has 0 atom stereocenters. The van der Waals surface area contributed by atoms with E-state index in [0.717, 1.165) is 41.7 Å². The van der Waals surface area contributed by atoms with Gasteiger partial charge in [0.05, 0.1) is 6.54 Å². The topological polar surface area (TPSA) is 55.1 Å². The standard InChI is InChI=1S/C21H25BrN4O/c1-3-24(4-2)13-14-25-18-7-5-6-8-19(18)26(21(25)23)15-20(27)16-9-11-17(22)12-10-16/h5-12,23H,3-4,13-15H2,1-2H3/p+1. The van der Waals surface area contributed by atoms with Crippen LogP contribution in [-0.4, -0.2) is 34.9 Å². The van der Waals surface area contributed by atoms with Crippen LogP contribution in [0.4, 0.5) is 5.95 Å². The quantitative estimate of drug-likeness (QED) is 0.440. The van der Waals surface area contributed by atoms with Gasteiger partial charge in [-0.1, -0.05) is 54.0 Å². The molecule has 3 aromatic rings. The molecule has 0 amide bonds. The number of benzene rings is 2. The fourth-order valence-corrected chi connectivity index (χ4v) is 3.63. The third kappa shape index (κ3) is 4.22. The predicted molar refractivity (Wildman–Crippen MR) is 113 cm³/mol. The van der Waals surface area contributed by atoms with Gasteiger partial charge in [0.2, 0.25) is 0 Å². The molecule has 2 N–H and O–H groups in total. The third-order valence-electron chi connectivity index (χ3n) is 5.02. The third-order valence-corrected chi connectivity index (χ3v) is 5.55. The SMILES string of the molecule is CCN(CC)CCn1c(N)[n+](CC(=O)c2ccc(Br)cc2)c2ccccc21. The van der Waals surface area contributed by atoms with E-state index in [1.165, 1.54) is 0 Å². The van der Waals surface area contributed by atoms with Crippen LogP contribution in [0.5, 0.6) is 0 Å². The Morgan fingerprint density at radius 2 is 1.78 bits per heavy atom. The highest BCUT2D eigenvalue weighted by atomic mass is 79.9. The van der Waals surface area contributed by atoms with Gasteiger partial charge in [-0.3, -0.25) is 10.5 Å². The van der Waals surface area contributed by atoms with Crippen LogP contribution in [0.2, 0.25) is 0 Å². The molecule has 0 saturated carbocycles. The molecule has 1 aromatic heterocycles. The first-order chi connectivity index (χ1) is 13.0. The van der Waals surface area contributed by atoms with Gasteiger partial charge in [-0.2, -0.15) is 0 Å². The van der Waals surface area contributed by atoms with E-state index in [-0.39, 0.29) is 12.3 Å². The molecule has 2 aromatic carbocycles. The predicted octanol–water partition coefficient (Wildman–Crippen LogP) is 3.50. The van der Waals surface area contributed by atoms with E-state index >= 15 is 0 Å². The molecular weight excluding hydrogens is 404 g/mol. The number of halogens is 1. The summed E-state index contributed by atoms with van der Waals surface area (Å²) in [6.07, 6.45) is 0. The van der Waals surface area contributed by atoms with Crippen LogP contribution in [0.1, 0.15) is 24.2 Å². The van der Waals surface area contributed by atoms with Gasteiger partial charge in [-0.15, -0.1) is 0 Å². The second-order valence-corrected chi connectivity index (χ2v) is 7.46. The van der Waals surface area contributed by atoms with E-state index in [4.69, 9.17) is 5.73 Å². The summed E-state index contributed by atoms with van der Waals surface area (Å²) in [5.41, 5.74) is 9.22. The minimum Gasteiger partial charge on any atom is -0.301 e. The van der Waals surface area contributed by atoms with Gasteiger partial charge in [-0.05, 0) is 37.4 Å². The number of likely N-dealkylation sites (N-methyl/N-ethyl adjacent to an activating group) is 1. The van der Waals surface area contributed by atoms with E-state index in [1.54, 1.807) is 0 Å². The van der Waals surface area contributed by atoms with Crippen molar-refractivity contribution in [2.24, 2.45) is 0 Å². The number of para-hydroxylation sites is 2. The summed E-state index contributed by atoms with van der Waals surface area (Å²) in [5.74, 6) is 0.666. The molecule has 0 bridgehead atoms. The minimum absolute atomic E-state index is 0.0471. The molecule has 5 nitrogen and oxygen atoms in total. The Labute approximate surface area is 168 Å². The van der Waals surface area contributed by atoms with Gasteiger partial charge in [0.15, 0.2) is 5.78 Å². The van der Waals surface area contributed by atoms with Crippen molar-refractivity contribution >= 4 is 38.7 Å². The smallest absolute Gasteiger partial charge is 0.301 e. The van der Waals surface area contributed by atoms with E-state index < -0.39 is 0 Å². The first kappa shape index (κ1) is 19.6. The number of carbonyl (C=O) groups is 1. The number of nitrogens with zero attached hydrogens (tertiary/aromatic N) is 3. The van der Waals surface area contributed by atoms with Gasteiger partial charge >= 0.3 is 5.95 Å². The molecule has 0 aliphatic carbocycles. The number of rotatable bonds is 8. The first-order valence-corrected chi connectivity index (χ1v) is 10.1. The molecule has 6 heteroatoms. The van der Waals surface area contributed by atoms with Crippen LogP contribution in [0, 0.1) is 0 Å². The average molecular weight is 430 g/mol. The fourth-order valence-electron chi connectivity index (χ4n) is 3.37. The van der Waals surface area contributed by atoms with Gasteiger partial charge in [-0.25, -0.2) is 9.13 Å². The number of imidazole rings is 1. The Kier molecular flexibility index (Phi) is 6.29. The van der Waals surface area contributed by atoms with E-state index in [2.05, 4.69) is 45.3 Å². The number of hydrogen-bond donors (Lipinski definition) is 1. The molecule has 0 unspecified atom stereocenters. The summed E-state index contributed by atoms with van der Waals surface area (Å²) in [4.78, 5) is 15.1. The fraction of sp³-hybridized carbons (Fsp3) is 0.333. The Balaban J connectivity index is 1.92. The number of nitrogen functional groups attached to an aromatic ring is 1. The molecule has 3 rings (SSSR count). The zero-order valence-electron chi connectivity index (χ0n) is 15.9. The maximum absolute atomic E-state index is 12.8. The molecule has 0 radical (unpaired) electrons. The average Bonchev–Trinajstić information content (AvgIpc) is 2.95. The molecule has 0 spiro atoms. The summed E-state index contributed by atoms with van der Waals surface area (Å²) in [5, 5.41) is 0. The normalized spacial score (nSPS) is 11.4. The lowest BCUT2D eigenvalue weighted by atomic mass is 10.1. The lowest BCUT2D eigenvalue weighted by molar-refractivity contribution is -0.642. The van der Waals surface area contributed by atoms with Crippen LogP contribution in [-0.2, 0) is 13.1 Å². The van der Waals surface area contributed by atoms with Crippen LogP contribution in [0.15, 0.2) is 53.0 Å². The van der Waals surface area contributed by atoms with E-state index in [9.17, 15) is 4.79 Å². The second kappa shape index (κ2) is 8.67. The Morgan fingerprint density at radius 1 is 1.11 bits per heavy atom. The van der Waals surface area contributed by atoms with Gasteiger partial charge in [0.25, 0.3) is 0 Å². The lowest BCUT2D eigenvalue weighted by Gasteiger charge is -2.17. The zero-order valence-corrected chi connectivity index (χ0v) is 17.4. The summed E-state index contributed by atoms with van der Waals surface area (Å²) >= 11 is 3.41. The number of fused-ring (bicyclic) bond motifs is 1. The monoisotopic (exact) mass is 429 g/mol. The number of hydrogen-bond acceptors (Lipinski definition) is 3. The number of carbonyl (C=O) groups excluding carboxylic acids is 1. The maximum Gasteiger partial charge on any atom is 0.356 e. The van der Waals surface area contributed by atoms with Crippen LogP contribution in [0.3, 0.4) is 0 Å². The first-order valence-electron chi connectivity index (χ1n) is 9.32. The second-order valence-electron chi connectivity index (χ2n) is 6.54. The molecule has 1 heterocycles. The van der Waals surface area contributed by atoms with Crippen molar-refractivity contribution in [3.63, 3.8) is 0 Å². The highest BCUT2D eigenvalue weighted by molar-refractivity contribution is 9.10. The number of anilines is 1. The largest absolute Gasteiger partial charge is 0.356 e. The van der Waals surface area contributed by atoms with Crippen molar-refractivity contribution in [3.8, 4) is 0 Å². The highest BCUT2D eigenvalue weighted by Gasteiger charge is 2.23. The summed E-state index contributed by atoms with van der Waals surface area (Å²) < 4.78 is 4.99. The van der Waals surface area contributed by atoms with Gasteiger partial charge < -0.3 is 4.90 Å². The summed E-state index contributed by atoms with van der Waals surface area (Å²) in [7, 11) is 0. The maximum atomic E-state index is 12.8. The number of nitrogens with two attached hydrogens (primary N) is 1. The molecule has 142 valence electrons. The van der Waals surface area contributed by atoms with Crippen molar-refractivity contribution in [2.75, 3.05) is 25.4 Å². The van der Waals surface area contributed by atoms with Gasteiger partial charge in [0, 0.05) is 16.6 Å². The number of aromatic nitrogens is 2. The zero-order chi connectivity index (χ0) is 19.4. The van der Waals surface area contributed by atoms with Crippen molar-refractivity contribution in [1.82, 2.24) is 9.47 Å². The Morgan fingerprint density at radius 3 is 2.44 bits per heavy atom. The molecule has 0 saturated heterocycles. The van der Waals surface area contributed by atoms with Crippen molar-refractivity contribution < 1.29 is 9.36 Å². The van der Waals surface area contributed by atoms with Crippen molar-refractivity contribution in [1.29, 1.82) is 0 Å². The minimum atomic E-state index is 0.0471. The van der Waals surface area contributed by atoms with Crippen LogP contribution in [0.25, 0.3) is 11.0 Å². The molecule has 27 heavy (non-hydrogen) atoms.